The van der Waals surface area contributed by atoms with E-state index in [0.29, 0.717) is 12.8 Å². The lowest BCUT2D eigenvalue weighted by molar-refractivity contribution is -0.153. The summed E-state index contributed by atoms with van der Waals surface area (Å²) in [5, 5.41) is 14.7. The van der Waals surface area contributed by atoms with E-state index in [1.165, 1.54) is 7.11 Å². The Morgan fingerprint density at radius 1 is 1.29 bits per heavy atom. The molecule has 170 valence electrons. The number of carbonyl (C=O) groups is 3. The lowest BCUT2D eigenvalue weighted by Crippen LogP contribution is -2.47. The number of esters is 1. The van der Waals surface area contributed by atoms with Gasteiger partial charge >= 0.3 is 5.97 Å². The fourth-order valence-electron chi connectivity index (χ4n) is 3.38. The molecule has 2 rings (SSSR count). The molecule has 1 aliphatic rings. The van der Waals surface area contributed by atoms with E-state index in [1.54, 1.807) is 6.92 Å². The van der Waals surface area contributed by atoms with Crippen molar-refractivity contribution in [3.63, 3.8) is 0 Å². The van der Waals surface area contributed by atoms with Gasteiger partial charge in [0.15, 0.2) is 0 Å². The van der Waals surface area contributed by atoms with Gasteiger partial charge in [-0.25, -0.2) is 0 Å². The van der Waals surface area contributed by atoms with Crippen molar-refractivity contribution in [3.8, 4) is 0 Å². The molecule has 31 heavy (non-hydrogen) atoms. The SMILES string of the molecule is COCC1NC(=O)C(CC(=O)NC(C)CO)CC=CCCC(=O)OC1c1ccccc1. The highest BCUT2D eigenvalue weighted by atomic mass is 16.5. The van der Waals surface area contributed by atoms with E-state index in [2.05, 4.69) is 10.6 Å². The fraction of sp³-hybridized carbons (Fsp3) is 0.522. The maximum atomic E-state index is 13.1. The molecule has 4 unspecified atom stereocenters. The molecule has 0 aliphatic carbocycles. The van der Waals surface area contributed by atoms with Crippen molar-refractivity contribution in [1.82, 2.24) is 10.6 Å². The Labute approximate surface area is 183 Å². The van der Waals surface area contributed by atoms with Crippen molar-refractivity contribution in [3.05, 3.63) is 48.0 Å². The average molecular weight is 433 g/mol. The molecule has 0 spiro atoms. The molecule has 1 aromatic rings. The van der Waals surface area contributed by atoms with Crippen LogP contribution in [0.3, 0.4) is 0 Å². The number of amides is 2. The second-order valence-corrected chi connectivity index (χ2v) is 7.69. The number of carbonyl (C=O) groups excluding carboxylic acids is 3. The molecule has 3 N–H and O–H groups in total. The van der Waals surface area contributed by atoms with E-state index >= 15 is 0 Å². The van der Waals surface area contributed by atoms with Crippen LogP contribution in [0.25, 0.3) is 0 Å². The first-order valence-electron chi connectivity index (χ1n) is 10.5. The molecule has 0 aromatic heterocycles. The first-order valence-corrected chi connectivity index (χ1v) is 10.5. The van der Waals surface area contributed by atoms with Crippen LogP contribution in [-0.2, 0) is 23.9 Å². The molecule has 1 heterocycles. The van der Waals surface area contributed by atoms with Gasteiger partial charge in [-0.1, -0.05) is 42.5 Å². The van der Waals surface area contributed by atoms with Crippen LogP contribution < -0.4 is 10.6 Å². The number of aliphatic hydroxyl groups is 1. The molecule has 8 heteroatoms. The number of benzene rings is 1. The molecule has 4 atom stereocenters. The highest BCUT2D eigenvalue weighted by molar-refractivity contribution is 5.86. The molecule has 0 fully saturated rings. The summed E-state index contributed by atoms with van der Waals surface area (Å²) in [7, 11) is 1.51. The quantitative estimate of drug-likeness (QED) is 0.446. The van der Waals surface area contributed by atoms with Crippen LogP contribution in [0.1, 0.15) is 44.3 Å². The number of aliphatic hydroxyl groups excluding tert-OH is 1. The van der Waals surface area contributed by atoms with Gasteiger partial charge in [-0.3, -0.25) is 14.4 Å². The van der Waals surface area contributed by atoms with E-state index in [1.807, 2.05) is 42.5 Å². The number of hydrogen-bond acceptors (Lipinski definition) is 6. The van der Waals surface area contributed by atoms with E-state index in [0.717, 1.165) is 5.56 Å². The molecule has 0 saturated carbocycles. The van der Waals surface area contributed by atoms with E-state index in [9.17, 15) is 14.4 Å². The monoisotopic (exact) mass is 432 g/mol. The Morgan fingerprint density at radius 2 is 2.03 bits per heavy atom. The van der Waals surface area contributed by atoms with Crippen molar-refractivity contribution >= 4 is 17.8 Å². The zero-order chi connectivity index (χ0) is 22.6. The van der Waals surface area contributed by atoms with Crippen LogP contribution in [0.5, 0.6) is 0 Å². The van der Waals surface area contributed by atoms with E-state index < -0.39 is 18.1 Å². The van der Waals surface area contributed by atoms with Gasteiger partial charge in [-0.2, -0.15) is 0 Å². The average Bonchev–Trinajstić information content (AvgIpc) is 2.75. The summed E-state index contributed by atoms with van der Waals surface area (Å²) in [6.07, 6.45) is 3.95. The van der Waals surface area contributed by atoms with Crippen molar-refractivity contribution in [2.24, 2.45) is 5.92 Å². The summed E-state index contributed by atoms with van der Waals surface area (Å²) in [6.45, 7) is 1.64. The minimum atomic E-state index is -0.718. The van der Waals surface area contributed by atoms with Gasteiger partial charge in [0.1, 0.15) is 6.10 Å². The summed E-state index contributed by atoms with van der Waals surface area (Å²) in [4.78, 5) is 37.8. The maximum absolute atomic E-state index is 13.1. The molecule has 8 nitrogen and oxygen atoms in total. The van der Waals surface area contributed by atoms with Crippen LogP contribution >= 0.6 is 0 Å². The molecule has 1 aromatic carbocycles. The molecule has 1 aliphatic heterocycles. The van der Waals surface area contributed by atoms with Crippen LogP contribution in [-0.4, -0.2) is 55.3 Å². The number of methoxy groups -OCH3 is 1. The topological polar surface area (TPSA) is 114 Å². The Kier molecular flexibility index (Phi) is 10.2. The highest BCUT2D eigenvalue weighted by Gasteiger charge is 2.31. The van der Waals surface area contributed by atoms with Gasteiger partial charge in [0.2, 0.25) is 11.8 Å². The fourth-order valence-corrected chi connectivity index (χ4v) is 3.38. The summed E-state index contributed by atoms with van der Waals surface area (Å²) in [5.74, 6) is -1.59. The number of hydrogen-bond donors (Lipinski definition) is 3. The molecular weight excluding hydrogens is 400 g/mol. The Balaban J connectivity index is 2.27. The third-order valence-corrected chi connectivity index (χ3v) is 5.01. The first kappa shape index (κ1) is 24.6. The van der Waals surface area contributed by atoms with Gasteiger partial charge in [-0.05, 0) is 25.3 Å². The second kappa shape index (κ2) is 12.9. The van der Waals surface area contributed by atoms with Gasteiger partial charge in [0.25, 0.3) is 0 Å². The number of rotatable bonds is 7. The van der Waals surface area contributed by atoms with Crippen LogP contribution in [0.4, 0.5) is 0 Å². The smallest absolute Gasteiger partial charge is 0.306 e. The number of nitrogens with one attached hydrogen (secondary N) is 2. The van der Waals surface area contributed by atoms with Crippen molar-refractivity contribution in [1.29, 1.82) is 0 Å². The van der Waals surface area contributed by atoms with Gasteiger partial charge in [0, 0.05) is 26.0 Å². The van der Waals surface area contributed by atoms with Crippen LogP contribution in [0.2, 0.25) is 0 Å². The number of cyclic esters (lactones) is 1. The van der Waals surface area contributed by atoms with Gasteiger partial charge < -0.3 is 25.2 Å². The molecule has 0 bridgehead atoms. The Hall–Kier alpha value is -2.71. The van der Waals surface area contributed by atoms with Crippen LogP contribution in [0.15, 0.2) is 42.5 Å². The lowest BCUT2D eigenvalue weighted by atomic mass is 9.96. The van der Waals surface area contributed by atoms with Crippen molar-refractivity contribution in [2.45, 2.75) is 50.8 Å². The number of allylic oxidation sites excluding steroid dienone is 2. The van der Waals surface area contributed by atoms with Gasteiger partial charge in [-0.15, -0.1) is 0 Å². The van der Waals surface area contributed by atoms with Crippen molar-refractivity contribution in [2.75, 3.05) is 20.3 Å². The van der Waals surface area contributed by atoms with E-state index in [4.69, 9.17) is 14.6 Å². The first-order chi connectivity index (χ1) is 14.9. The highest BCUT2D eigenvalue weighted by Crippen LogP contribution is 2.24. The maximum Gasteiger partial charge on any atom is 0.306 e. The molecular formula is C23H32N2O6. The molecule has 0 radical (unpaired) electrons. The summed E-state index contributed by atoms with van der Waals surface area (Å²) in [6, 6.07) is 8.19. The Morgan fingerprint density at radius 3 is 2.71 bits per heavy atom. The standard InChI is InChI=1S/C23H32N2O6/c1-16(14-26)24-20(27)13-18-11-7-4-8-12-21(28)31-22(17-9-5-3-6-10-17)19(15-30-2)25-23(18)29/h3-7,9-10,16,18-19,22,26H,8,11-15H2,1-2H3,(H,24,27)(H,25,29). The van der Waals surface area contributed by atoms with Crippen LogP contribution in [0, 0.1) is 5.92 Å². The van der Waals surface area contributed by atoms with Gasteiger partial charge in [0.05, 0.1) is 25.2 Å². The minimum absolute atomic E-state index is 0.0179. The third kappa shape index (κ3) is 8.15. The summed E-state index contributed by atoms with van der Waals surface area (Å²) >= 11 is 0. The summed E-state index contributed by atoms with van der Waals surface area (Å²) < 4.78 is 11.0. The van der Waals surface area contributed by atoms with Crippen molar-refractivity contribution < 1.29 is 29.0 Å². The normalized spacial score (nSPS) is 23.6. The number of ether oxygens (including phenoxy) is 2. The second-order valence-electron chi connectivity index (χ2n) is 7.69. The third-order valence-electron chi connectivity index (χ3n) is 5.01. The van der Waals surface area contributed by atoms with E-state index in [-0.39, 0.29) is 49.9 Å². The zero-order valence-corrected chi connectivity index (χ0v) is 18.1. The predicted molar refractivity (Wildman–Crippen MR) is 115 cm³/mol. The summed E-state index contributed by atoms with van der Waals surface area (Å²) in [5.41, 5.74) is 0.747. The Bertz CT molecular complexity index is 752. The molecule has 0 saturated heterocycles. The largest absolute Gasteiger partial charge is 0.455 e. The lowest BCUT2D eigenvalue weighted by Gasteiger charge is -2.29. The minimum Gasteiger partial charge on any atom is -0.455 e. The zero-order valence-electron chi connectivity index (χ0n) is 18.1. The predicted octanol–water partition coefficient (Wildman–Crippen LogP) is 1.65. The molecule has 2 amide bonds.